The van der Waals surface area contributed by atoms with Gasteiger partial charge in [0, 0.05) is 29.1 Å². The van der Waals surface area contributed by atoms with E-state index in [4.69, 9.17) is 0 Å². The second-order valence-electron chi connectivity index (χ2n) is 5.45. The van der Waals surface area contributed by atoms with Gasteiger partial charge in [-0.2, -0.15) is 4.98 Å². The van der Waals surface area contributed by atoms with Crippen LogP contribution >= 0.6 is 0 Å². The van der Waals surface area contributed by atoms with Crippen LogP contribution in [-0.2, 0) is 6.42 Å². The molecule has 0 atom stereocenters. The summed E-state index contributed by atoms with van der Waals surface area (Å²) in [7, 11) is 0. The fourth-order valence-electron chi connectivity index (χ4n) is 2.58. The second-order valence-corrected chi connectivity index (χ2v) is 5.45. The number of benzene rings is 1. The summed E-state index contributed by atoms with van der Waals surface area (Å²) in [5, 5.41) is 0. The molecule has 1 N–H and O–H groups in total. The van der Waals surface area contributed by atoms with Crippen molar-refractivity contribution in [2.24, 2.45) is 0 Å². The molecular weight excluding hydrogens is 286 g/mol. The Bertz CT molecular complexity index is 826. The van der Waals surface area contributed by atoms with Crippen molar-refractivity contribution in [1.82, 2.24) is 15.0 Å². The standard InChI is InChI=1S/C19H19N3O/c1-2-3-9-16-17(14-10-12-20-13-11-14)21-18(22-19(16)23)15-7-5-4-6-8-15/h4-8,10-13H,2-3,9H2,1H3,(H,21,22,23). The summed E-state index contributed by atoms with van der Waals surface area (Å²) in [4.78, 5) is 24.2. The average molecular weight is 305 g/mol. The van der Waals surface area contributed by atoms with Gasteiger partial charge in [-0.15, -0.1) is 0 Å². The summed E-state index contributed by atoms with van der Waals surface area (Å²) < 4.78 is 0. The van der Waals surface area contributed by atoms with E-state index in [0.717, 1.165) is 41.6 Å². The Balaban J connectivity index is 2.17. The van der Waals surface area contributed by atoms with Crippen molar-refractivity contribution in [3.63, 3.8) is 0 Å². The van der Waals surface area contributed by atoms with Crippen LogP contribution in [0.2, 0.25) is 0 Å². The van der Waals surface area contributed by atoms with E-state index in [0.29, 0.717) is 5.82 Å². The van der Waals surface area contributed by atoms with E-state index in [1.165, 1.54) is 0 Å². The van der Waals surface area contributed by atoms with Crippen LogP contribution in [0, 0.1) is 0 Å². The highest BCUT2D eigenvalue weighted by molar-refractivity contribution is 5.66. The fourth-order valence-corrected chi connectivity index (χ4v) is 2.58. The van der Waals surface area contributed by atoms with E-state index < -0.39 is 0 Å². The van der Waals surface area contributed by atoms with Crippen LogP contribution in [0.15, 0.2) is 59.7 Å². The smallest absolute Gasteiger partial charge is 0.277 e. The number of unbranched alkanes of at least 4 members (excludes halogenated alkanes) is 1. The first kappa shape index (κ1) is 15.2. The molecule has 0 aliphatic heterocycles. The third-order valence-corrected chi connectivity index (χ3v) is 3.81. The summed E-state index contributed by atoms with van der Waals surface area (Å²) in [5.41, 5.74) is 3.31. The van der Waals surface area contributed by atoms with Crippen LogP contribution in [0.3, 0.4) is 0 Å². The molecule has 0 aliphatic carbocycles. The van der Waals surface area contributed by atoms with Crippen LogP contribution in [0.25, 0.3) is 22.6 Å². The molecule has 0 spiro atoms. The van der Waals surface area contributed by atoms with Gasteiger partial charge in [0.05, 0.1) is 5.69 Å². The molecular formula is C19H19N3O. The van der Waals surface area contributed by atoms with E-state index in [1.54, 1.807) is 12.4 Å². The van der Waals surface area contributed by atoms with Crippen molar-refractivity contribution in [2.75, 3.05) is 0 Å². The molecule has 0 saturated carbocycles. The maximum atomic E-state index is 12.6. The highest BCUT2D eigenvalue weighted by atomic mass is 16.1. The van der Waals surface area contributed by atoms with Crippen LogP contribution in [0.1, 0.15) is 25.3 Å². The molecule has 0 fully saturated rings. The van der Waals surface area contributed by atoms with Gasteiger partial charge in [0.1, 0.15) is 5.82 Å². The Morgan fingerprint density at radius 3 is 2.43 bits per heavy atom. The van der Waals surface area contributed by atoms with Gasteiger partial charge in [0.2, 0.25) is 0 Å². The zero-order valence-electron chi connectivity index (χ0n) is 13.1. The largest absolute Gasteiger partial charge is 0.339 e. The quantitative estimate of drug-likeness (QED) is 0.779. The first-order valence-corrected chi connectivity index (χ1v) is 7.88. The van der Waals surface area contributed by atoms with E-state index in [1.807, 2.05) is 42.5 Å². The van der Waals surface area contributed by atoms with Crippen LogP contribution in [0.4, 0.5) is 0 Å². The Morgan fingerprint density at radius 1 is 1.00 bits per heavy atom. The molecule has 0 bridgehead atoms. The summed E-state index contributed by atoms with van der Waals surface area (Å²) >= 11 is 0. The molecule has 0 amide bonds. The van der Waals surface area contributed by atoms with Gasteiger partial charge in [0.15, 0.2) is 0 Å². The van der Waals surface area contributed by atoms with Gasteiger partial charge in [-0.1, -0.05) is 43.7 Å². The van der Waals surface area contributed by atoms with Crippen molar-refractivity contribution in [1.29, 1.82) is 0 Å². The predicted molar refractivity (Wildman–Crippen MR) is 92.1 cm³/mol. The SMILES string of the molecule is CCCCc1c(-c2ccncc2)[nH]c(-c2ccccc2)nc1=O. The van der Waals surface area contributed by atoms with Crippen molar-refractivity contribution in [3.8, 4) is 22.6 Å². The Morgan fingerprint density at radius 2 is 1.74 bits per heavy atom. The third kappa shape index (κ3) is 3.37. The number of nitrogens with zero attached hydrogens (tertiary/aromatic N) is 2. The van der Waals surface area contributed by atoms with Crippen molar-refractivity contribution >= 4 is 0 Å². The van der Waals surface area contributed by atoms with Gasteiger partial charge in [-0.25, -0.2) is 0 Å². The fraction of sp³-hybridized carbons (Fsp3) is 0.211. The molecule has 2 aromatic heterocycles. The molecule has 0 saturated heterocycles. The van der Waals surface area contributed by atoms with Crippen molar-refractivity contribution in [3.05, 3.63) is 70.8 Å². The molecule has 3 aromatic rings. The summed E-state index contributed by atoms with van der Waals surface area (Å²) in [5.74, 6) is 0.600. The van der Waals surface area contributed by atoms with Crippen molar-refractivity contribution in [2.45, 2.75) is 26.2 Å². The van der Waals surface area contributed by atoms with Crippen LogP contribution in [-0.4, -0.2) is 15.0 Å². The molecule has 0 aliphatic rings. The zero-order valence-corrected chi connectivity index (χ0v) is 13.1. The summed E-state index contributed by atoms with van der Waals surface area (Å²) in [6.45, 7) is 2.12. The molecule has 4 nitrogen and oxygen atoms in total. The van der Waals surface area contributed by atoms with Gasteiger partial charge in [-0.3, -0.25) is 9.78 Å². The predicted octanol–water partition coefficient (Wildman–Crippen LogP) is 3.84. The maximum Gasteiger partial charge on any atom is 0.277 e. The number of aromatic nitrogens is 3. The highest BCUT2D eigenvalue weighted by Gasteiger charge is 2.13. The minimum Gasteiger partial charge on any atom is -0.339 e. The highest BCUT2D eigenvalue weighted by Crippen LogP contribution is 2.23. The summed E-state index contributed by atoms with van der Waals surface area (Å²) in [6, 6.07) is 13.5. The molecule has 1 aromatic carbocycles. The van der Waals surface area contributed by atoms with Crippen LogP contribution in [0.5, 0.6) is 0 Å². The van der Waals surface area contributed by atoms with E-state index in [2.05, 4.69) is 21.9 Å². The normalized spacial score (nSPS) is 10.7. The molecule has 4 heteroatoms. The molecule has 3 rings (SSSR count). The Kier molecular flexibility index (Phi) is 4.62. The molecule has 2 heterocycles. The Hall–Kier alpha value is -2.75. The van der Waals surface area contributed by atoms with E-state index in [9.17, 15) is 4.79 Å². The first-order chi connectivity index (χ1) is 11.3. The van der Waals surface area contributed by atoms with E-state index >= 15 is 0 Å². The lowest BCUT2D eigenvalue weighted by Gasteiger charge is -2.11. The van der Waals surface area contributed by atoms with Crippen molar-refractivity contribution < 1.29 is 0 Å². The molecule has 0 unspecified atom stereocenters. The molecule has 0 radical (unpaired) electrons. The number of hydrogen-bond donors (Lipinski definition) is 1. The minimum atomic E-state index is -0.150. The van der Waals surface area contributed by atoms with Gasteiger partial charge in [-0.05, 0) is 25.0 Å². The topological polar surface area (TPSA) is 58.6 Å². The number of rotatable bonds is 5. The van der Waals surface area contributed by atoms with Gasteiger partial charge >= 0.3 is 0 Å². The van der Waals surface area contributed by atoms with Gasteiger partial charge in [0.25, 0.3) is 5.56 Å². The summed E-state index contributed by atoms with van der Waals surface area (Å²) in [6.07, 6.45) is 6.20. The van der Waals surface area contributed by atoms with Crippen LogP contribution < -0.4 is 5.56 Å². The lowest BCUT2D eigenvalue weighted by Crippen LogP contribution is -2.17. The zero-order chi connectivity index (χ0) is 16.1. The maximum absolute atomic E-state index is 12.6. The number of pyridine rings is 1. The third-order valence-electron chi connectivity index (χ3n) is 3.81. The number of H-pyrrole nitrogens is 1. The van der Waals surface area contributed by atoms with Gasteiger partial charge < -0.3 is 4.98 Å². The molecule has 23 heavy (non-hydrogen) atoms. The average Bonchev–Trinajstić information content (AvgIpc) is 2.61. The first-order valence-electron chi connectivity index (χ1n) is 7.88. The second kappa shape index (κ2) is 7.01. The monoisotopic (exact) mass is 305 g/mol. The Labute approximate surface area is 135 Å². The number of aromatic amines is 1. The lowest BCUT2D eigenvalue weighted by atomic mass is 10.0. The van der Waals surface area contributed by atoms with E-state index in [-0.39, 0.29) is 5.56 Å². The number of nitrogens with one attached hydrogen (secondary N) is 1. The lowest BCUT2D eigenvalue weighted by molar-refractivity contribution is 0.783. The molecule has 116 valence electrons. The number of hydrogen-bond acceptors (Lipinski definition) is 3. The minimum absolute atomic E-state index is 0.150.